The second kappa shape index (κ2) is 12.6. The minimum Gasteiger partial charge on any atom is -0.489 e. The summed E-state index contributed by atoms with van der Waals surface area (Å²) in [6.07, 6.45) is 3.60. The van der Waals surface area contributed by atoms with Gasteiger partial charge >= 0.3 is 0 Å². The van der Waals surface area contributed by atoms with Crippen LogP contribution in [0.5, 0.6) is 5.75 Å². The molecular formula is C22H37IN4O2. The zero-order valence-electron chi connectivity index (χ0n) is 18.0. The first kappa shape index (κ1) is 24.2. The molecular weight excluding hydrogens is 479 g/mol. The average Bonchev–Trinajstić information content (AvgIpc) is 3.19. The van der Waals surface area contributed by atoms with Crippen LogP contribution in [0.1, 0.15) is 31.7 Å². The van der Waals surface area contributed by atoms with Gasteiger partial charge in [-0.15, -0.1) is 24.0 Å². The van der Waals surface area contributed by atoms with Crippen molar-refractivity contribution in [2.75, 3.05) is 46.4 Å². The third-order valence-corrected chi connectivity index (χ3v) is 5.58. The topological polar surface area (TPSA) is 58.1 Å². The van der Waals surface area contributed by atoms with Gasteiger partial charge in [0, 0.05) is 39.3 Å². The number of hydrogen-bond donors (Lipinski definition) is 2. The highest BCUT2D eigenvalue weighted by molar-refractivity contribution is 14.0. The van der Waals surface area contributed by atoms with E-state index < -0.39 is 0 Å². The van der Waals surface area contributed by atoms with E-state index in [0.717, 1.165) is 56.8 Å². The van der Waals surface area contributed by atoms with Crippen LogP contribution in [0.4, 0.5) is 0 Å². The van der Waals surface area contributed by atoms with Gasteiger partial charge in [-0.2, -0.15) is 0 Å². The minimum absolute atomic E-state index is 0. The lowest BCUT2D eigenvalue weighted by atomic mass is 10.0. The van der Waals surface area contributed by atoms with Gasteiger partial charge in [-0.05, 0) is 56.7 Å². The number of nitrogens with one attached hydrogen (secondary N) is 2. The Morgan fingerprint density at radius 3 is 2.76 bits per heavy atom. The van der Waals surface area contributed by atoms with E-state index in [9.17, 15) is 0 Å². The molecule has 1 aromatic rings. The van der Waals surface area contributed by atoms with Crippen molar-refractivity contribution in [2.24, 2.45) is 10.9 Å². The number of aliphatic imine (C=N–C) groups is 1. The van der Waals surface area contributed by atoms with Crippen LogP contribution >= 0.6 is 24.0 Å². The molecule has 29 heavy (non-hydrogen) atoms. The SMILES string of the molecule is CN=C(NCC(C)Oc1cccc(C)c1)NC1CCN(CC2CCOC2)CC1.I. The molecule has 7 heteroatoms. The van der Waals surface area contributed by atoms with E-state index in [1.807, 2.05) is 19.2 Å². The number of hydrogen-bond acceptors (Lipinski definition) is 4. The van der Waals surface area contributed by atoms with Crippen molar-refractivity contribution in [3.8, 4) is 5.75 Å². The summed E-state index contributed by atoms with van der Waals surface area (Å²) >= 11 is 0. The van der Waals surface area contributed by atoms with Crippen molar-refractivity contribution >= 4 is 29.9 Å². The van der Waals surface area contributed by atoms with Crippen LogP contribution < -0.4 is 15.4 Å². The molecule has 2 unspecified atom stereocenters. The fourth-order valence-electron chi connectivity index (χ4n) is 3.94. The summed E-state index contributed by atoms with van der Waals surface area (Å²) < 4.78 is 11.5. The van der Waals surface area contributed by atoms with Gasteiger partial charge in [-0.1, -0.05) is 12.1 Å². The van der Waals surface area contributed by atoms with Gasteiger partial charge in [-0.3, -0.25) is 4.99 Å². The van der Waals surface area contributed by atoms with E-state index in [1.165, 1.54) is 18.5 Å². The smallest absolute Gasteiger partial charge is 0.191 e. The largest absolute Gasteiger partial charge is 0.489 e. The van der Waals surface area contributed by atoms with Crippen molar-refractivity contribution in [2.45, 2.75) is 45.3 Å². The maximum atomic E-state index is 6.00. The monoisotopic (exact) mass is 516 g/mol. The van der Waals surface area contributed by atoms with Crippen LogP contribution in [-0.2, 0) is 4.74 Å². The van der Waals surface area contributed by atoms with Crippen LogP contribution in [0.15, 0.2) is 29.3 Å². The van der Waals surface area contributed by atoms with Gasteiger partial charge in [-0.25, -0.2) is 0 Å². The zero-order chi connectivity index (χ0) is 19.8. The van der Waals surface area contributed by atoms with Gasteiger partial charge in [0.15, 0.2) is 5.96 Å². The molecule has 2 heterocycles. The van der Waals surface area contributed by atoms with Gasteiger partial charge in [0.25, 0.3) is 0 Å². The van der Waals surface area contributed by atoms with Gasteiger partial charge in [0.2, 0.25) is 0 Å². The Morgan fingerprint density at radius 2 is 2.10 bits per heavy atom. The Hall–Kier alpha value is -1.06. The van der Waals surface area contributed by atoms with Crippen LogP contribution in [0.3, 0.4) is 0 Å². The summed E-state index contributed by atoms with van der Waals surface area (Å²) in [6, 6.07) is 8.65. The summed E-state index contributed by atoms with van der Waals surface area (Å²) in [4.78, 5) is 6.97. The lowest BCUT2D eigenvalue weighted by molar-refractivity contribution is 0.150. The number of aryl methyl sites for hydroxylation is 1. The Labute approximate surface area is 192 Å². The fourth-order valence-corrected chi connectivity index (χ4v) is 3.94. The van der Waals surface area contributed by atoms with E-state index >= 15 is 0 Å². The van der Waals surface area contributed by atoms with Crippen LogP contribution in [0.2, 0.25) is 0 Å². The normalized spacial score (nSPS) is 22.0. The van der Waals surface area contributed by atoms with Gasteiger partial charge in [0.05, 0.1) is 13.2 Å². The number of ether oxygens (including phenoxy) is 2. The molecule has 2 saturated heterocycles. The highest BCUT2D eigenvalue weighted by atomic mass is 127. The maximum Gasteiger partial charge on any atom is 0.191 e. The molecule has 2 fully saturated rings. The van der Waals surface area contributed by atoms with E-state index in [2.05, 4.69) is 46.5 Å². The van der Waals surface area contributed by atoms with Crippen molar-refractivity contribution < 1.29 is 9.47 Å². The van der Waals surface area contributed by atoms with Crippen LogP contribution in [-0.4, -0.2) is 69.4 Å². The first-order valence-corrected chi connectivity index (χ1v) is 10.6. The van der Waals surface area contributed by atoms with E-state index in [-0.39, 0.29) is 30.1 Å². The second-order valence-corrected chi connectivity index (χ2v) is 8.15. The summed E-state index contributed by atoms with van der Waals surface area (Å²) in [5.74, 6) is 2.51. The summed E-state index contributed by atoms with van der Waals surface area (Å²) in [5, 5.41) is 6.99. The quantitative estimate of drug-likeness (QED) is 0.332. The van der Waals surface area contributed by atoms with Gasteiger partial charge < -0.3 is 25.0 Å². The molecule has 2 atom stereocenters. The number of guanidine groups is 1. The van der Waals surface area contributed by atoms with E-state index in [0.29, 0.717) is 12.6 Å². The number of nitrogens with zero attached hydrogens (tertiary/aromatic N) is 2. The highest BCUT2D eigenvalue weighted by Gasteiger charge is 2.24. The molecule has 1 aromatic carbocycles. The van der Waals surface area contributed by atoms with Crippen LogP contribution in [0, 0.1) is 12.8 Å². The number of rotatable bonds is 7. The molecule has 164 valence electrons. The molecule has 3 rings (SSSR count). The molecule has 0 saturated carbocycles. The van der Waals surface area contributed by atoms with Crippen molar-refractivity contribution in [1.29, 1.82) is 0 Å². The zero-order valence-corrected chi connectivity index (χ0v) is 20.4. The molecule has 2 aliphatic heterocycles. The fraction of sp³-hybridized carbons (Fsp3) is 0.682. The first-order chi connectivity index (χ1) is 13.6. The van der Waals surface area contributed by atoms with Crippen molar-refractivity contribution in [3.63, 3.8) is 0 Å². The standard InChI is InChI=1S/C22H36N4O2.HI/c1-17-5-4-6-21(13-17)28-18(2)14-24-22(23-3)25-20-7-10-26(11-8-20)15-19-9-12-27-16-19;/h4-6,13,18-20H,7-12,14-16H2,1-3H3,(H2,23,24,25);1H. The Morgan fingerprint density at radius 1 is 1.31 bits per heavy atom. The first-order valence-electron chi connectivity index (χ1n) is 10.6. The molecule has 2 N–H and O–H groups in total. The Kier molecular flexibility index (Phi) is 10.5. The van der Waals surface area contributed by atoms with E-state index in [1.54, 1.807) is 0 Å². The summed E-state index contributed by atoms with van der Waals surface area (Å²) in [6.45, 7) is 10.2. The molecule has 6 nitrogen and oxygen atoms in total. The third kappa shape index (κ3) is 8.30. The molecule has 0 radical (unpaired) electrons. The third-order valence-electron chi connectivity index (χ3n) is 5.58. The lowest BCUT2D eigenvalue weighted by Gasteiger charge is -2.34. The molecule has 2 aliphatic rings. The molecule has 0 bridgehead atoms. The highest BCUT2D eigenvalue weighted by Crippen LogP contribution is 2.18. The summed E-state index contributed by atoms with van der Waals surface area (Å²) in [7, 11) is 1.83. The predicted molar refractivity (Wildman–Crippen MR) is 130 cm³/mol. The Bertz CT molecular complexity index is 629. The maximum absolute atomic E-state index is 6.00. The number of likely N-dealkylation sites (tertiary alicyclic amines) is 1. The average molecular weight is 516 g/mol. The lowest BCUT2D eigenvalue weighted by Crippen LogP contribution is -2.50. The summed E-state index contributed by atoms with van der Waals surface area (Å²) in [5.41, 5.74) is 1.21. The number of halogens is 1. The Balaban J connectivity index is 0.00000300. The number of piperidine rings is 1. The van der Waals surface area contributed by atoms with Crippen molar-refractivity contribution in [1.82, 2.24) is 15.5 Å². The number of benzene rings is 1. The minimum atomic E-state index is 0. The molecule has 0 amide bonds. The van der Waals surface area contributed by atoms with Gasteiger partial charge in [0.1, 0.15) is 11.9 Å². The molecule has 0 aromatic heterocycles. The van der Waals surface area contributed by atoms with Crippen LogP contribution in [0.25, 0.3) is 0 Å². The predicted octanol–water partition coefficient (Wildman–Crippen LogP) is 3.05. The molecule has 0 spiro atoms. The van der Waals surface area contributed by atoms with Crippen molar-refractivity contribution in [3.05, 3.63) is 29.8 Å². The van der Waals surface area contributed by atoms with E-state index in [4.69, 9.17) is 9.47 Å². The second-order valence-electron chi connectivity index (χ2n) is 8.15. The molecule has 0 aliphatic carbocycles.